The van der Waals surface area contributed by atoms with Crippen molar-refractivity contribution < 1.29 is 14.4 Å². The molecule has 0 aliphatic heterocycles. The molecule has 0 aliphatic carbocycles. The number of nitrogens with one attached hydrogen (secondary N) is 1. The fourth-order valence-corrected chi connectivity index (χ4v) is 1.96. The number of aromatic nitrogens is 1. The van der Waals surface area contributed by atoms with E-state index in [2.05, 4.69) is 10.5 Å². The molecule has 2 aromatic rings. The molecule has 0 spiro atoms. The number of rotatable bonds is 5. The summed E-state index contributed by atoms with van der Waals surface area (Å²) in [7, 11) is 0. The molecule has 1 aromatic heterocycles. The van der Waals surface area contributed by atoms with Crippen LogP contribution in [0.15, 0.2) is 28.8 Å². The van der Waals surface area contributed by atoms with Gasteiger partial charge in [-0.1, -0.05) is 30.6 Å². The Morgan fingerprint density at radius 3 is 2.89 bits per heavy atom. The Kier molecular flexibility index (Phi) is 3.23. The Balaban J connectivity index is 2.34. The van der Waals surface area contributed by atoms with Gasteiger partial charge in [0, 0.05) is 0 Å². The molecule has 0 fully saturated rings. The minimum Gasteiger partial charge on any atom is -0.480 e. The van der Waals surface area contributed by atoms with Crippen LogP contribution >= 0.6 is 0 Å². The molecule has 0 saturated carbocycles. The third-order valence-corrected chi connectivity index (χ3v) is 2.99. The van der Waals surface area contributed by atoms with E-state index in [-0.39, 0.29) is 0 Å². The number of hydrogen-bond donors (Lipinski definition) is 2. The largest absolute Gasteiger partial charge is 0.480 e. The smallest absolute Gasteiger partial charge is 0.329 e. The van der Waals surface area contributed by atoms with Crippen molar-refractivity contribution in [3.05, 3.63) is 24.3 Å². The van der Waals surface area contributed by atoms with Crippen molar-refractivity contribution in [3.63, 3.8) is 0 Å². The van der Waals surface area contributed by atoms with Crippen molar-refractivity contribution in [3.8, 4) is 0 Å². The topological polar surface area (TPSA) is 75.4 Å². The molecule has 0 amide bonds. The average Bonchev–Trinajstić information content (AvgIpc) is 2.73. The molecular formula is C13H16N2O3. The fourth-order valence-electron chi connectivity index (χ4n) is 1.96. The van der Waals surface area contributed by atoms with Gasteiger partial charge in [0.1, 0.15) is 5.54 Å². The maximum atomic E-state index is 11.4. The molecule has 2 N–H and O–H groups in total. The van der Waals surface area contributed by atoms with Crippen LogP contribution in [0.5, 0.6) is 0 Å². The number of para-hydroxylation sites is 1. The fraction of sp³-hybridized carbons (Fsp3) is 0.385. The molecule has 96 valence electrons. The zero-order chi connectivity index (χ0) is 13.2. The second-order valence-electron chi connectivity index (χ2n) is 4.54. The molecule has 5 heteroatoms. The predicted molar refractivity (Wildman–Crippen MR) is 68.6 cm³/mol. The highest BCUT2D eigenvalue weighted by Crippen LogP contribution is 2.26. The van der Waals surface area contributed by atoms with Crippen molar-refractivity contribution in [1.82, 2.24) is 5.16 Å². The van der Waals surface area contributed by atoms with Crippen molar-refractivity contribution in [2.75, 3.05) is 5.32 Å². The van der Waals surface area contributed by atoms with E-state index in [1.165, 1.54) is 0 Å². The molecule has 1 unspecified atom stereocenters. The van der Waals surface area contributed by atoms with Crippen LogP contribution in [0, 0.1) is 0 Å². The lowest BCUT2D eigenvalue weighted by Gasteiger charge is -2.25. The van der Waals surface area contributed by atoms with Gasteiger partial charge < -0.3 is 14.9 Å². The maximum absolute atomic E-state index is 11.4. The number of anilines is 1. The van der Waals surface area contributed by atoms with Gasteiger partial charge in [-0.05, 0) is 25.5 Å². The molecule has 0 saturated heterocycles. The Labute approximate surface area is 105 Å². The number of carboxylic acids is 1. The maximum Gasteiger partial charge on any atom is 0.329 e. The first kappa shape index (κ1) is 12.4. The average molecular weight is 248 g/mol. The minimum absolute atomic E-state index is 0.476. The lowest BCUT2D eigenvalue weighted by molar-refractivity contribution is -0.142. The van der Waals surface area contributed by atoms with E-state index in [0.29, 0.717) is 17.8 Å². The first-order chi connectivity index (χ1) is 8.57. The van der Waals surface area contributed by atoms with Gasteiger partial charge in [0.2, 0.25) is 0 Å². The van der Waals surface area contributed by atoms with Crippen molar-refractivity contribution >= 4 is 22.8 Å². The van der Waals surface area contributed by atoms with Gasteiger partial charge in [-0.2, -0.15) is 0 Å². The number of carbonyl (C=O) groups is 1. The summed E-state index contributed by atoms with van der Waals surface area (Å²) in [6, 6.07) is 7.36. The summed E-state index contributed by atoms with van der Waals surface area (Å²) < 4.78 is 5.15. The highest BCUT2D eigenvalue weighted by Gasteiger charge is 2.33. The van der Waals surface area contributed by atoms with Crippen molar-refractivity contribution in [2.24, 2.45) is 0 Å². The Morgan fingerprint density at radius 1 is 1.50 bits per heavy atom. The normalized spacial score (nSPS) is 14.3. The van der Waals surface area contributed by atoms with Crippen LogP contribution in [-0.2, 0) is 4.79 Å². The van der Waals surface area contributed by atoms with E-state index < -0.39 is 11.5 Å². The third-order valence-electron chi connectivity index (χ3n) is 2.99. The second kappa shape index (κ2) is 4.68. The lowest BCUT2D eigenvalue weighted by Crippen LogP contribution is -2.43. The van der Waals surface area contributed by atoms with Gasteiger partial charge in [-0.15, -0.1) is 0 Å². The summed E-state index contributed by atoms with van der Waals surface area (Å²) in [5, 5.41) is 17.0. The van der Waals surface area contributed by atoms with E-state index in [1.54, 1.807) is 13.0 Å². The Morgan fingerprint density at radius 2 is 2.22 bits per heavy atom. The van der Waals surface area contributed by atoms with Crippen LogP contribution in [0.25, 0.3) is 11.0 Å². The van der Waals surface area contributed by atoms with Gasteiger partial charge >= 0.3 is 5.97 Å². The summed E-state index contributed by atoms with van der Waals surface area (Å²) in [6.45, 7) is 3.60. The monoisotopic (exact) mass is 248 g/mol. The van der Waals surface area contributed by atoms with E-state index in [9.17, 15) is 9.90 Å². The van der Waals surface area contributed by atoms with Crippen LogP contribution in [0.4, 0.5) is 5.82 Å². The van der Waals surface area contributed by atoms with Crippen LogP contribution in [0.2, 0.25) is 0 Å². The van der Waals surface area contributed by atoms with Crippen LogP contribution in [-0.4, -0.2) is 21.8 Å². The number of fused-ring (bicyclic) bond motifs is 1. The third kappa shape index (κ3) is 2.16. The highest BCUT2D eigenvalue weighted by atomic mass is 16.5. The molecule has 18 heavy (non-hydrogen) atoms. The lowest BCUT2D eigenvalue weighted by atomic mass is 9.96. The second-order valence-corrected chi connectivity index (χ2v) is 4.54. The predicted octanol–water partition coefficient (Wildman–Crippen LogP) is 2.88. The van der Waals surface area contributed by atoms with Gasteiger partial charge in [0.05, 0.1) is 5.39 Å². The van der Waals surface area contributed by atoms with E-state index in [4.69, 9.17) is 4.52 Å². The molecule has 0 bridgehead atoms. The van der Waals surface area contributed by atoms with E-state index in [0.717, 1.165) is 11.8 Å². The Hall–Kier alpha value is -2.04. The number of nitrogens with zero attached hydrogens (tertiary/aromatic N) is 1. The van der Waals surface area contributed by atoms with Crippen molar-refractivity contribution in [2.45, 2.75) is 32.2 Å². The standard InChI is InChI=1S/C13H16N2O3/c1-3-8-13(2,12(16)17)14-11-9-6-4-5-7-10(9)18-15-11/h4-7H,3,8H2,1-2H3,(H,14,15)(H,16,17). The number of benzene rings is 1. The summed E-state index contributed by atoms with van der Waals surface area (Å²) in [5.74, 6) is -0.416. The summed E-state index contributed by atoms with van der Waals surface area (Å²) in [4.78, 5) is 11.4. The van der Waals surface area contributed by atoms with Gasteiger partial charge in [0.15, 0.2) is 11.4 Å². The van der Waals surface area contributed by atoms with Crippen molar-refractivity contribution in [1.29, 1.82) is 0 Å². The van der Waals surface area contributed by atoms with Gasteiger partial charge in [-0.25, -0.2) is 4.79 Å². The highest BCUT2D eigenvalue weighted by molar-refractivity contribution is 5.91. The minimum atomic E-state index is -1.03. The quantitative estimate of drug-likeness (QED) is 0.850. The molecule has 5 nitrogen and oxygen atoms in total. The molecule has 0 radical (unpaired) electrons. The van der Waals surface area contributed by atoms with Crippen LogP contribution in [0.3, 0.4) is 0 Å². The number of carboxylic acid groups (broad SMARTS) is 1. The first-order valence-electron chi connectivity index (χ1n) is 5.93. The summed E-state index contributed by atoms with van der Waals surface area (Å²) in [6.07, 6.45) is 1.29. The van der Waals surface area contributed by atoms with Gasteiger partial charge in [-0.3, -0.25) is 0 Å². The first-order valence-corrected chi connectivity index (χ1v) is 5.93. The Bertz CT molecular complexity index is 564. The molecule has 1 aromatic carbocycles. The number of aliphatic carboxylic acids is 1. The SMILES string of the molecule is CCCC(C)(Nc1noc2ccccc12)C(=O)O. The van der Waals surface area contributed by atoms with Gasteiger partial charge in [0.25, 0.3) is 0 Å². The zero-order valence-electron chi connectivity index (χ0n) is 10.4. The van der Waals surface area contributed by atoms with E-state index in [1.807, 2.05) is 25.1 Å². The molecular weight excluding hydrogens is 232 g/mol. The van der Waals surface area contributed by atoms with Crippen LogP contribution < -0.4 is 5.32 Å². The molecule has 2 rings (SSSR count). The summed E-state index contributed by atoms with van der Waals surface area (Å²) >= 11 is 0. The number of hydrogen-bond acceptors (Lipinski definition) is 4. The molecule has 0 aliphatic rings. The van der Waals surface area contributed by atoms with Crippen LogP contribution in [0.1, 0.15) is 26.7 Å². The van der Waals surface area contributed by atoms with E-state index >= 15 is 0 Å². The summed E-state index contributed by atoms with van der Waals surface area (Å²) in [5.41, 5.74) is -0.391. The zero-order valence-corrected chi connectivity index (χ0v) is 10.4. The molecule has 1 heterocycles. The molecule has 1 atom stereocenters.